The van der Waals surface area contributed by atoms with Crippen LogP contribution in [0.2, 0.25) is 0 Å². The molecule has 0 saturated heterocycles. The molecule has 2 aromatic rings. The molecule has 1 unspecified atom stereocenters. The van der Waals surface area contributed by atoms with Crippen LogP contribution in [0, 0.1) is 5.82 Å². The summed E-state index contributed by atoms with van der Waals surface area (Å²) in [5, 5.41) is 16.2. The lowest BCUT2D eigenvalue weighted by molar-refractivity contribution is 0.0308. The Morgan fingerprint density at radius 1 is 1.12 bits per heavy atom. The number of nitrogens with zero attached hydrogens (tertiary/aromatic N) is 1. The lowest BCUT2D eigenvalue weighted by Gasteiger charge is -2.15. The molecule has 0 aliphatic carbocycles. The molecule has 0 aromatic heterocycles. The number of ether oxygens (including phenoxy) is 1. The molecular weight excluding hydrogens is 333 g/mol. The zero-order valence-electron chi connectivity index (χ0n) is 15.0. The minimum atomic E-state index is -0.670. The highest BCUT2D eigenvalue weighted by molar-refractivity contribution is 5.79. The van der Waals surface area contributed by atoms with Crippen molar-refractivity contribution in [2.75, 3.05) is 19.7 Å². The lowest BCUT2D eigenvalue weighted by Crippen LogP contribution is -2.42. The fourth-order valence-corrected chi connectivity index (χ4v) is 2.29. The van der Waals surface area contributed by atoms with Crippen molar-refractivity contribution in [2.24, 2.45) is 4.99 Å². The highest BCUT2D eigenvalue weighted by Crippen LogP contribution is 2.07. The maximum Gasteiger partial charge on any atom is 0.191 e. The molecule has 0 aliphatic rings. The molecular formula is C20H26FN3O2. The fraction of sp³-hybridized carbons (Fsp3) is 0.350. The van der Waals surface area contributed by atoms with E-state index in [2.05, 4.69) is 15.6 Å². The molecule has 2 rings (SSSR count). The summed E-state index contributed by atoms with van der Waals surface area (Å²) < 4.78 is 19.2. The standard InChI is InChI=1S/C20H26FN3O2/c1-2-22-20(23-12-17-10-6-7-11-19(17)21)24-13-18(25)15-26-14-16-8-4-3-5-9-16/h3-11,18,25H,2,12-15H2,1H3,(H2,22,23,24). The molecule has 0 saturated carbocycles. The molecule has 6 heteroatoms. The number of nitrogens with one attached hydrogen (secondary N) is 2. The van der Waals surface area contributed by atoms with E-state index in [4.69, 9.17) is 4.74 Å². The number of halogens is 1. The summed E-state index contributed by atoms with van der Waals surface area (Å²) in [7, 11) is 0. The predicted molar refractivity (Wildman–Crippen MR) is 101 cm³/mol. The summed E-state index contributed by atoms with van der Waals surface area (Å²) in [5.41, 5.74) is 1.59. The maximum atomic E-state index is 13.7. The molecule has 0 bridgehead atoms. The average molecular weight is 359 g/mol. The normalized spacial score (nSPS) is 12.7. The highest BCUT2D eigenvalue weighted by Gasteiger charge is 2.07. The van der Waals surface area contributed by atoms with Crippen LogP contribution >= 0.6 is 0 Å². The van der Waals surface area contributed by atoms with Crippen molar-refractivity contribution in [3.05, 3.63) is 71.5 Å². The number of benzene rings is 2. The number of hydrogen-bond acceptors (Lipinski definition) is 3. The van der Waals surface area contributed by atoms with Gasteiger partial charge in [0.1, 0.15) is 5.82 Å². The number of hydrogen-bond donors (Lipinski definition) is 3. The van der Waals surface area contributed by atoms with E-state index >= 15 is 0 Å². The summed E-state index contributed by atoms with van der Waals surface area (Å²) in [5.74, 6) is 0.249. The van der Waals surface area contributed by atoms with Crippen molar-refractivity contribution < 1.29 is 14.2 Å². The van der Waals surface area contributed by atoms with E-state index in [1.54, 1.807) is 18.2 Å². The van der Waals surface area contributed by atoms with Gasteiger partial charge in [0, 0.05) is 18.7 Å². The van der Waals surface area contributed by atoms with E-state index in [1.165, 1.54) is 6.07 Å². The highest BCUT2D eigenvalue weighted by atomic mass is 19.1. The zero-order valence-corrected chi connectivity index (χ0v) is 15.0. The van der Waals surface area contributed by atoms with Gasteiger partial charge in [0.2, 0.25) is 0 Å². The Morgan fingerprint density at radius 2 is 1.85 bits per heavy atom. The van der Waals surface area contributed by atoms with Crippen molar-refractivity contribution in [2.45, 2.75) is 26.2 Å². The van der Waals surface area contributed by atoms with E-state index in [1.807, 2.05) is 37.3 Å². The Bertz CT molecular complexity index is 680. The van der Waals surface area contributed by atoms with Crippen LogP contribution in [0.5, 0.6) is 0 Å². The summed E-state index contributed by atoms with van der Waals surface area (Å²) in [4.78, 5) is 4.35. The van der Waals surface area contributed by atoms with Gasteiger partial charge in [0.25, 0.3) is 0 Å². The van der Waals surface area contributed by atoms with Crippen LogP contribution < -0.4 is 10.6 Å². The molecule has 0 radical (unpaired) electrons. The average Bonchev–Trinajstić information content (AvgIpc) is 2.66. The van der Waals surface area contributed by atoms with Crippen LogP contribution in [0.25, 0.3) is 0 Å². The molecule has 5 nitrogen and oxygen atoms in total. The molecule has 0 amide bonds. The first-order valence-corrected chi connectivity index (χ1v) is 8.74. The fourth-order valence-electron chi connectivity index (χ4n) is 2.29. The van der Waals surface area contributed by atoms with Gasteiger partial charge in [-0.25, -0.2) is 9.38 Å². The van der Waals surface area contributed by atoms with E-state index < -0.39 is 6.10 Å². The van der Waals surface area contributed by atoms with Crippen molar-refractivity contribution in [1.29, 1.82) is 0 Å². The molecule has 3 N–H and O–H groups in total. The summed E-state index contributed by atoms with van der Waals surface area (Å²) in [6.45, 7) is 3.80. The minimum Gasteiger partial charge on any atom is -0.389 e. The van der Waals surface area contributed by atoms with E-state index in [-0.39, 0.29) is 25.5 Å². The zero-order chi connectivity index (χ0) is 18.6. The van der Waals surface area contributed by atoms with Gasteiger partial charge in [-0.2, -0.15) is 0 Å². The Morgan fingerprint density at radius 3 is 2.58 bits per heavy atom. The third kappa shape index (κ3) is 7.21. The Hall–Kier alpha value is -2.44. The van der Waals surface area contributed by atoms with Gasteiger partial charge in [-0.3, -0.25) is 0 Å². The van der Waals surface area contributed by atoms with Gasteiger partial charge in [-0.1, -0.05) is 48.5 Å². The molecule has 0 fully saturated rings. The topological polar surface area (TPSA) is 65.9 Å². The van der Waals surface area contributed by atoms with Gasteiger partial charge in [0.05, 0.1) is 25.9 Å². The summed E-state index contributed by atoms with van der Waals surface area (Å²) in [6.07, 6.45) is -0.670. The lowest BCUT2D eigenvalue weighted by atomic mass is 10.2. The second-order valence-electron chi connectivity index (χ2n) is 5.82. The Labute approximate surface area is 153 Å². The molecule has 0 heterocycles. The smallest absolute Gasteiger partial charge is 0.191 e. The Kier molecular flexibility index (Phi) is 8.59. The third-order valence-electron chi connectivity index (χ3n) is 3.64. The quantitative estimate of drug-likeness (QED) is 0.475. The van der Waals surface area contributed by atoms with Crippen molar-refractivity contribution in [1.82, 2.24) is 10.6 Å². The minimum absolute atomic E-state index is 0.217. The molecule has 1 atom stereocenters. The summed E-state index contributed by atoms with van der Waals surface area (Å²) >= 11 is 0. The Balaban J connectivity index is 1.76. The number of guanidine groups is 1. The van der Waals surface area contributed by atoms with Gasteiger partial charge in [-0.05, 0) is 18.6 Å². The number of aliphatic hydroxyl groups is 1. The first-order chi connectivity index (χ1) is 12.7. The van der Waals surface area contributed by atoms with Gasteiger partial charge >= 0.3 is 0 Å². The van der Waals surface area contributed by atoms with Crippen LogP contribution in [0.3, 0.4) is 0 Å². The van der Waals surface area contributed by atoms with Crippen molar-refractivity contribution in [3.8, 4) is 0 Å². The summed E-state index contributed by atoms with van der Waals surface area (Å²) in [6, 6.07) is 16.3. The van der Waals surface area contributed by atoms with Crippen LogP contribution in [-0.4, -0.2) is 36.9 Å². The van der Waals surface area contributed by atoms with Crippen LogP contribution in [0.4, 0.5) is 4.39 Å². The van der Waals surface area contributed by atoms with E-state index in [0.717, 1.165) is 5.56 Å². The molecule has 26 heavy (non-hydrogen) atoms. The molecule has 0 spiro atoms. The first kappa shape index (κ1) is 19.9. The SMILES string of the molecule is CCNC(=NCc1ccccc1F)NCC(O)COCc1ccccc1. The van der Waals surface area contributed by atoms with E-state index in [9.17, 15) is 9.50 Å². The van der Waals surface area contributed by atoms with Crippen LogP contribution in [-0.2, 0) is 17.9 Å². The number of aliphatic hydroxyl groups excluding tert-OH is 1. The number of rotatable bonds is 9. The molecule has 0 aliphatic heterocycles. The second-order valence-corrected chi connectivity index (χ2v) is 5.82. The maximum absolute atomic E-state index is 13.7. The van der Waals surface area contributed by atoms with Gasteiger partial charge in [-0.15, -0.1) is 0 Å². The largest absolute Gasteiger partial charge is 0.389 e. The monoisotopic (exact) mass is 359 g/mol. The first-order valence-electron chi connectivity index (χ1n) is 8.74. The number of aliphatic imine (C=N–C) groups is 1. The predicted octanol–water partition coefficient (Wildman–Crippen LogP) is 2.46. The van der Waals surface area contributed by atoms with Gasteiger partial charge < -0.3 is 20.5 Å². The molecule has 140 valence electrons. The van der Waals surface area contributed by atoms with E-state index in [0.29, 0.717) is 24.7 Å². The third-order valence-corrected chi connectivity index (χ3v) is 3.64. The second kappa shape index (κ2) is 11.2. The molecule has 2 aromatic carbocycles. The van der Waals surface area contributed by atoms with Gasteiger partial charge in [0.15, 0.2) is 5.96 Å². The van der Waals surface area contributed by atoms with Crippen LogP contribution in [0.15, 0.2) is 59.6 Å². The van der Waals surface area contributed by atoms with Crippen molar-refractivity contribution in [3.63, 3.8) is 0 Å². The van der Waals surface area contributed by atoms with Crippen LogP contribution in [0.1, 0.15) is 18.1 Å². The van der Waals surface area contributed by atoms with Crippen molar-refractivity contribution >= 4 is 5.96 Å².